The summed E-state index contributed by atoms with van der Waals surface area (Å²) in [4.78, 5) is 16.9. The van der Waals surface area contributed by atoms with Crippen LogP contribution in [-0.4, -0.2) is 53.5 Å². The highest BCUT2D eigenvalue weighted by atomic mass is 16.2. The van der Waals surface area contributed by atoms with Crippen LogP contribution in [0.15, 0.2) is 0 Å². The van der Waals surface area contributed by atoms with Crippen LogP contribution in [0.1, 0.15) is 39.5 Å². The van der Waals surface area contributed by atoms with E-state index in [4.69, 9.17) is 5.73 Å². The van der Waals surface area contributed by atoms with E-state index in [1.807, 2.05) is 6.92 Å². The van der Waals surface area contributed by atoms with E-state index in [-0.39, 0.29) is 11.9 Å². The molecule has 4 nitrogen and oxygen atoms in total. The monoisotopic (exact) mass is 239 g/mol. The van der Waals surface area contributed by atoms with E-state index in [9.17, 15) is 4.79 Å². The first-order chi connectivity index (χ1) is 8.11. The molecule has 3 unspecified atom stereocenters. The van der Waals surface area contributed by atoms with Crippen molar-refractivity contribution in [1.29, 1.82) is 0 Å². The molecule has 2 aliphatic rings. The van der Waals surface area contributed by atoms with Crippen molar-refractivity contribution in [2.24, 2.45) is 5.73 Å². The molecule has 3 atom stereocenters. The Labute approximate surface area is 104 Å². The molecule has 2 aliphatic heterocycles. The van der Waals surface area contributed by atoms with Gasteiger partial charge in [-0.2, -0.15) is 0 Å². The van der Waals surface area contributed by atoms with E-state index in [0.29, 0.717) is 18.5 Å². The van der Waals surface area contributed by atoms with Gasteiger partial charge in [-0.05, 0) is 32.7 Å². The van der Waals surface area contributed by atoms with Gasteiger partial charge in [-0.15, -0.1) is 0 Å². The Bertz CT molecular complexity index is 280. The predicted molar refractivity (Wildman–Crippen MR) is 68.7 cm³/mol. The number of likely N-dealkylation sites (N-methyl/N-ethyl adjacent to an activating group) is 1. The summed E-state index contributed by atoms with van der Waals surface area (Å²) >= 11 is 0. The van der Waals surface area contributed by atoms with Crippen LogP contribution < -0.4 is 5.73 Å². The zero-order chi connectivity index (χ0) is 12.4. The van der Waals surface area contributed by atoms with Gasteiger partial charge in [0.25, 0.3) is 0 Å². The lowest BCUT2D eigenvalue weighted by atomic mass is 10.1. The summed E-state index contributed by atoms with van der Waals surface area (Å²) in [5.41, 5.74) is 5.75. The second-order valence-electron chi connectivity index (χ2n) is 5.55. The van der Waals surface area contributed by atoms with Crippen molar-refractivity contribution in [3.8, 4) is 0 Å². The molecular formula is C13H25N3O. The van der Waals surface area contributed by atoms with Crippen LogP contribution >= 0.6 is 0 Å². The number of likely N-dealkylation sites (tertiary alicyclic amines) is 1. The summed E-state index contributed by atoms with van der Waals surface area (Å²) in [5.74, 6) is 0.269. The van der Waals surface area contributed by atoms with Crippen molar-refractivity contribution in [2.75, 3.05) is 19.6 Å². The van der Waals surface area contributed by atoms with E-state index >= 15 is 0 Å². The molecule has 0 aromatic rings. The number of nitrogens with zero attached hydrogens (tertiary/aromatic N) is 2. The first-order valence-electron chi connectivity index (χ1n) is 6.91. The summed E-state index contributed by atoms with van der Waals surface area (Å²) in [7, 11) is 0. The number of fused-ring (bicyclic) bond motifs is 2. The molecule has 2 fully saturated rings. The number of carbonyl (C=O) groups is 1. The average Bonchev–Trinajstić information content (AvgIpc) is 2.53. The fourth-order valence-electron chi connectivity index (χ4n) is 3.22. The highest BCUT2D eigenvalue weighted by molar-refractivity contribution is 5.78. The maximum absolute atomic E-state index is 12.2. The van der Waals surface area contributed by atoms with Crippen molar-refractivity contribution < 1.29 is 4.79 Å². The van der Waals surface area contributed by atoms with E-state index < -0.39 is 0 Å². The van der Waals surface area contributed by atoms with Gasteiger partial charge in [0.2, 0.25) is 5.91 Å². The van der Waals surface area contributed by atoms with Crippen LogP contribution in [0, 0.1) is 0 Å². The van der Waals surface area contributed by atoms with Gasteiger partial charge < -0.3 is 15.5 Å². The molecule has 2 rings (SSSR count). The Balaban J connectivity index is 2.04. The van der Waals surface area contributed by atoms with E-state index in [0.717, 1.165) is 26.1 Å². The first kappa shape index (κ1) is 12.8. The molecule has 2 N–H and O–H groups in total. The molecular weight excluding hydrogens is 214 g/mol. The molecule has 2 saturated heterocycles. The maximum atomic E-state index is 12.2. The maximum Gasteiger partial charge on any atom is 0.224 e. The largest absolute Gasteiger partial charge is 0.335 e. The van der Waals surface area contributed by atoms with Gasteiger partial charge in [-0.3, -0.25) is 4.79 Å². The third-order valence-electron chi connectivity index (χ3n) is 4.10. The van der Waals surface area contributed by atoms with Crippen LogP contribution in [-0.2, 0) is 4.79 Å². The molecule has 0 aromatic heterocycles. The molecule has 2 heterocycles. The van der Waals surface area contributed by atoms with Crippen LogP contribution in [0.4, 0.5) is 0 Å². The van der Waals surface area contributed by atoms with Gasteiger partial charge in [0.1, 0.15) is 0 Å². The Morgan fingerprint density at radius 2 is 2.06 bits per heavy atom. The normalized spacial score (nSPS) is 31.4. The van der Waals surface area contributed by atoms with Crippen LogP contribution in [0.3, 0.4) is 0 Å². The van der Waals surface area contributed by atoms with Gasteiger partial charge in [-0.1, -0.05) is 6.92 Å². The van der Waals surface area contributed by atoms with Gasteiger partial charge >= 0.3 is 0 Å². The molecule has 0 aromatic carbocycles. The molecule has 4 heteroatoms. The predicted octanol–water partition coefficient (Wildman–Crippen LogP) is 0.809. The lowest BCUT2D eigenvalue weighted by molar-refractivity contribution is -0.134. The Morgan fingerprint density at radius 1 is 1.35 bits per heavy atom. The lowest BCUT2D eigenvalue weighted by Gasteiger charge is -2.29. The van der Waals surface area contributed by atoms with Crippen molar-refractivity contribution in [3.05, 3.63) is 0 Å². The summed E-state index contributed by atoms with van der Waals surface area (Å²) in [6.07, 6.45) is 3.99. The van der Waals surface area contributed by atoms with Crippen molar-refractivity contribution >= 4 is 5.91 Å². The summed E-state index contributed by atoms with van der Waals surface area (Å²) in [6, 6.07) is 0.893. The molecule has 0 spiro atoms. The van der Waals surface area contributed by atoms with Crippen LogP contribution in [0.2, 0.25) is 0 Å². The molecule has 1 amide bonds. The molecule has 2 bridgehead atoms. The van der Waals surface area contributed by atoms with Crippen molar-refractivity contribution in [2.45, 2.75) is 57.7 Å². The quantitative estimate of drug-likeness (QED) is 0.793. The summed E-state index contributed by atoms with van der Waals surface area (Å²) in [6.45, 7) is 7.40. The standard InChI is InChI=1S/C13H25N3O/c1-3-15-7-6-11-4-5-12(9-15)16(11)13(17)8-10(2)14/h10-12H,3-9,14H2,1-2H3. The highest BCUT2D eigenvalue weighted by Crippen LogP contribution is 2.30. The Kier molecular flexibility index (Phi) is 4.05. The number of carbonyl (C=O) groups excluding carboxylic acids is 1. The SMILES string of the molecule is CCN1CCC2CCC(C1)N2C(=O)CC(C)N. The van der Waals surface area contributed by atoms with E-state index in [1.165, 1.54) is 12.8 Å². The fourth-order valence-corrected chi connectivity index (χ4v) is 3.22. The smallest absolute Gasteiger partial charge is 0.224 e. The molecule has 17 heavy (non-hydrogen) atoms. The number of rotatable bonds is 3. The second kappa shape index (κ2) is 5.36. The zero-order valence-corrected chi connectivity index (χ0v) is 11.1. The summed E-state index contributed by atoms with van der Waals surface area (Å²) < 4.78 is 0. The Morgan fingerprint density at radius 3 is 2.71 bits per heavy atom. The fraction of sp³-hybridized carbons (Fsp3) is 0.923. The second-order valence-corrected chi connectivity index (χ2v) is 5.55. The number of hydrogen-bond acceptors (Lipinski definition) is 3. The molecule has 0 saturated carbocycles. The Hall–Kier alpha value is -0.610. The molecule has 98 valence electrons. The molecule has 0 aliphatic carbocycles. The minimum Gasteiger partial charge on any atom is -0.335 e. The van der Waals surface area contributed by atoms with Crippen molar-refractivity contribution in [3.63, 3.8) is 0 Å². The van der Waals surface area contributed by atoms with E-state index in [2.05, 4.69) is 16.7 Å². The number of nitrogens with two attached hydrogens (primary N) is 1. The lowest BCUT2D eigenvalue weighted by Crippen LogP contribution is -2.44. The van der Waals surface area contributed by atoms with Crippen molar-refractivity contribution in [1.82, 2.24) is 9.80 Å². The van der Waals surface area contributed by atoms with Gasteiger partial charge in [-0.25, -0.2) is 0 Å². The summed E-state index contributed by atoms with van der Waals surface area (Å²) in [5, 5.41) is 0. The molecule has 0 radical (unpaired) electrons. The highest BCUT2D eigenvalue weighted by Gasteiger charge is 2.39. The number of amides is 1. The average molecular weight is 239 g/mol. The van der Waals surface area contributed by atoms with Gasteiger partial charge in [0, 0.05) is 37.6 Å². The third kappa shape index (κ3) is 2.80. The third-order valence-corrected chi connectivity index (χ3v) is 4.10. The number of hydrogen-bond donors (Lipinski definition) is 1. The van der Waals surface area contributed by atoms with Gasteiger partial charge in [0.15, 0.2) is 0 Å². The minimum atomic E-state index is -0.0209. The minimum absolute atomic E-state index is 0.0209. The van der Waals surface area contributed by atoms with Gasteiger partial charge in [0.05, 0.1) is 0 Å². The topological polar surface area (TPSA) is 49.6 Å². The van der Waals surface area contributed by atoms with E-state index in [1.54, 1.807) is 0 Å². The van der Waals surface area contributed by atoms with Crippen LogP contribution in [0.25, 0.3) is 0 Å². The van der Waals surface area contributed by atoms with Crippen LogP contribution in [0.5, 0.6) is 0 Å². The first-order valence-corrected chi connectivity index (χ1v) is 6.91. The zero-order valence-electron chi connectivity index (χ0n) is 11.1.